The van der Waals surface area contributed by atoms with Crippen LogP contribution in [0.2, 0.25) is 0 Å². The zero-order chi connectivity index (χ0) is 9.03. The standard InChI is InChI=1S/C7H10NPS3.2Cs/c10-9(11,12)6-3-7-1-4-8-5-2-7;;/h1-2,4-5H,3,6H2,(H2,10,11,12);;/q;2*+1/p-2. The number of nitrogens with zero attached hydrogens (tertiary/aromatic N) is 1. The topological polar surface area (TPSA) is 12.9 Å². The molecule has 0 aliphatic heterocycles. The Morgan fingerprint density at radius 1 is 1.07 bits per heavy atom. The average Bonchev–Trinajstić information content (AvgIpc) is 2.02. The first-order chi connectivity index (χ1) is 5.58. The second-order valence-electron chi connectivity index (χ2n) is 2.44. The molecule has 0 fully saturated rings. The maximum atomic E-state index is 5.01. The summed E-state index contributed by atoms with van der Waals surface area (Å²) >= 11 is 15.0. The Labute approximate surface area is 220 Å². The first-order valence-corrected chi connectivity index (χ1v) is 8.49. The number of rotatable bonds is 3. The molecule has 14 heavy (non-hydrogen) atoms. The second kappa shape index (κ2) is 11.6. The smallest absolute Gasteiger partial charge is 0.601 e. The summed E-state index contributed by atoms with van der Waals surface area (Å²) in [5.74, 6) is 0. The van der Waals surface area contributed by atoms with Gasteiger partial charge in [0.25, 0.3) is 0 Å². The maximum absolute atomic E-state index is 5.01. The molecule has 0 saturated heterocycles. The molecule has 1 nitrogen and oxygen atoms in total. The molecule has 66 valence electrons. The third-order valence-corrected chi connectivity index (χ3v) is 3.84. The van der Waals surface area contributed by atoms with Crippen LogP contribution in [0.15, 0.2) is 24.5 Å². The summed E-state index contributed by atoms with van der Waals surface area (Å²) < 4.78 is 0. The van der Waals surface area contributed by atoms with E-state index in [1.165, 1.54) is 5.56 Å². The van der Waals surface area contributed by atoms with Crippen molar-refractivity contribution in [3.63, 3.8) is 0 Å². The molecule has 0 aliphatic rings. The van der Waals surface area contributed by atoms with Crippen molar-refractivity contribution in [3.05, 3.63) is 30.1 Å². The van der Waals surface area contributed by atoms with Crippen LogP contribution in [0.25, 0.3) is 0 Å². The molecule has 0 amide bonds. The predicted molar refractivity (Wildman–Crippen MR) is 61.8 cm³/mol. The number of hydrogen-bond donors (Lipinski definition) is 0. The summed E-state index contributed by atoms with van der Waals surface area (Å²) in [6.45, 7) is 0. The van der Waals surface area contributed by atoms with Crippen molar-refractivity contribution in [3.8, 4) is 0 Å². The Balaban J connectivity index is 0. The van der Waals surface area contributed by atoms with Gasteiger partial charge in [0.05, 0.1) is 0 Å². The maximum Gasteiger partial charge on any atom is 1.00 e. The molecule has 1 aromatic rings. The van der Waals surface area contributed by atoms with Gasteiger partial charge in [-0.2, -0.15) is 0 Å². The molecule has 1 aromatic heterocycles. The van der Waals surface area contributed by atoms with Gasteiger partial charge in [-0.3, -0.25) is 4.98 Å². The molecule has 0 unspecified atom stereocenters. The summed E-state index contributed by atoms with van der Waals surface area (Å²) in [7, 11) is 0. The molecule has 0 N–H and O–H groups in total. The van der Waals surface area contributed by atoms with E-state index in [0.717, 1.165) is 12.6 Å². The van der Waals surface area contributed by atoms with E-state index in [-0.39, 0.29) is 138 Å². The van der Waals surface area contributed by atoms with Crippen LogP contribution in [0.3, 0.4) is 0 Å². The first-order valence-electron chi connectivity index (χ1n) is 3.48. The van der Waals surface area contributed by atoms with E-state index in [9.17, 15) is 0 Å². The van der Waals surface area contributed by atoms with Crippen LogP contribution in [0.5, 0.6) is 0 Å². The molecule has 0 aromatic carbocycles. The van der Waals surface area contributed by atoms with Crippen molar-refractivity contribution in [2.45, 2.75) is 6.42 Å². The van der Waals surface area contributed by atoms with Crippen molar-refractivity contribution >= 4 is 41.6 Å². The number of pyridine rings is 1. The number of aromatic nitrogens is 1. The third kappa shape index (κ3) is 11.8. The van der Waals surface area contributed by atoms with E-state index in [0.29, 0.717) is 0 Å². The van der Waals surface area contributed by atoms with Crippen LogP contribution in [-0.2, 0) is 43.2 Å². The van der Waals surface area contributed by atoms with E-state index < -0.39 is 4.87 Å². The summed E-state index contributed by atoms with van der Waals surface area (Å²) in [5.41, 5.74) is 1.22. The van der Waals surface area contributed by atoms with E-state index >= 15 is 0 Å². The average molecular weight is 499 g/mol. The van der Waals surface area contributed by atoms with Gasteiger partial charge in [0, 0.05) is 25.0 Å². The van der Waals surface area contributed by atoms with Crippen molar-refractivity contribution in [2.24, 2.45) is 0 Å². The van der Waals surface area contributed by atoms with Crippen LogP contribution in [0.1, 0.15) is 5.56 Å². The summed E-state index contributed by atoms with van der Waals surface area (Å²) in [6.07, 6.45) is 5.22. The fourth-order valence-corrected chi connectivity index (χ4v) is 2.17. The Hall–Kier alpha value is 4.73. The van der Waals surface area contributed by atoms with Crippen molar-refractivity contribution in [2.75, 3.05) is 6.16 Å². The number of aryl methyl sites for hydroxylation is 1. The Morgan fingerprint density at radius 2 is 1.57 bits per heavy atom. The minimum atomic E-state index is -1.85. The van der Waals surface area contributed by atoms with Gasteiger partial charge in [0.1, 0.15) is 0 Å². The molecule has 0 saturated carbocycles. The summed E-state index contributed by atoms with van der Waals surface area (Å²) in [6, 6.07) is 3.94. The second-order valence-corrected chi connectivity index (χ2v) is 11.8. The van der Waals surface area contributed by atoms with Crippen LogP contribution in [-0.4, -0.2) is 11.1 Å². The van der Waals surface area contributed by atoms with Crippen LogP contribution in [0, 0.1) is 0 Å². The summed E-state index contributed by atoms with van der Waals surface area (Å²) in [4.78, 5) is 2.07. The van der Waals surface area contributed by atoms with Crippen molar-refractivity contribution in [1.29, 1.82) is 0 Å². The quantitative estimate of drug-likeness (QED) is 0.311. The fourth-order valence-electron chi connectivity index (χ4n) is 0.815. The molecule has 0 spiro atoms. The van der Waals surface area contributed by atoms with Crippen LogP contribution >= 0.6 is 4.87 Å². The van der Waals surface area contributed by atoms with Gasteiger partial charge in [-0.1, -0.05) is 0 Å². The zero-order valence-electron chi connectivity index (χ0n) is 8.34. The number of hydrogen-bond acceptors (Lipinski definition) is 4. The van der Waals surface area contributed by atoms with Crippen LogP contribution in [0.4, 0.5) is 0 Å². The van der Waals surface area contributed by atoms with Gasteiger partial charge in [-0.15, -0.1) is 0 Å². The van der Waals surface area contributed by atoms with E-state index in [1.807, 2.05) is 12.1 Å². The van der Waals surface area contributed by atoms with Gasteiger partial charge in [0.15, 0.2) is 0 Å². The van der Waals surface area contributed by atoms with Crippen LogP contribution < -0.4 is 138 Å². The Bertz CT molecular complexity index is 242. The van der Waals surface area contributed by atoms with Gasteiger partial charge in [-0.05, 0) is 17.7 Å². The normalized spacial score (nSPS) is 9.93. The first kappa shape index (κ1) is 21.0. The monoisotopic (exact) mass is 499 g/mol. The minimum absolute atomic E-state index is 0. The van der Waals surface area contributed by atoms with Gasteiger partial charge in [-0.25, -0.2) is 0 Å². The molecular formula is C7H8Cs2NPS3. The predicted octanol–water partition coefficient (Wildman–Crippen LogP) is -3.96. The Morgan fingerprint density at radius 3 is 2.00 bits per heavy atom. The van der Waals surface area contributed by atoms with Crippen molar-refractivity contribution < 1.29 is 138 Å². The molecule has 1 heterocycles. The fraction of sp³-hybridized carbons (Fsp3) is 0.286. The van der Waals surface area contributed by atoms with Gasteiger partial charge < -0.3 is 41.6 Å². The Kier molecular flexibility index (Phi) is 17.4. The molecule has 0 radical (unpaired) electrons. The molecule has 7 heteroatoms. The van der Waals surface area contributed by atoms with Gasteiger partial charge >= 0.3 is 138 Å². The summed E-state index contributed by atoms with van der Waals surface area (Å²) in [5, 5.41) is 0. The van der Waals surface area contributed by atoms with E-state index in [1.54, 1.807) is 12.4 Å². The third-order valence-electron chi connectivity index (χ3n) is 1.42. The molecule has 0 atom stereocenters. The van der Waals surface area contributed by atoms with E-state index in [2.05, 4.69) is 4.98 Å². The molecule has 1 rings (SSSR count). The van der Waals surface area contributed by atoms with E-state index in [4.69, 9.17) is 36.7 Å². The largest absolute Gasteiger partial charge is 1.00 e. The van der Waals surface area contributed by atoms with Gasteiger partial charge in [0.2, 0.25) is 0 Å². The SMILES string of the molecule is [Cs+].[Cs+].[S-][P+]([S-])([S-])CCc1ccncc1. The minimum Gasteiger partial charge on any atom is -0.601 e. The zero-order valence-corrected chi connectivity index (χ0v) is 24.2. The molecule has 0 aliphatic carbocycles. The molecular weight excluding hydrogens is 491 g/mol. The van der Waals surface area contributed by atoms with Crippen molar-refractivity contribution in [1.82, 2.24) is 4.98 Å². The molecule has 0 bridgehead atoms.